The third-order valence-corrected chi connectivity index (χ3v) is 5.61. The van der Waals surface area contributed by atoms with Crippen LogP contribution in [0.15, 0.2) is 60.7 Å². The third kappa shape index (κ3) is 4.80. The molecule has 0 spiro atoms. The van der Waals surface area contributed by atoms with Crippen LogP contribution in [0.3, 0.4) is 0 Å². The summed E-state index contributed by atoms with van der Waals surface area (Å²) in [6, 6.07) is 17.9. The Morgan fingerprint density at radius 1 is 0.929 bits per heavy atom. The first kappa shape index (κ1) is 20.1. The van der Waals surface area contributed by atoms with E-state index in [0.29, 0.717) is 29.4 Å². The Bertz CT molecular complexity index is 931. The Labute approximate surface area is 165 Å². The van der Waals surface area contributed by atoms with E-state index in [2.05, 4.69) is 0 Å². The lowest BCUT2D eigenvalue weighted by atomic mass is 10.2. The Kier molecular flexibility index (Phi) is 6.85. The second kappa shape index (κ2) is 9.54. The highest BCUT2D eigenvalue weighted by atomic mass is 31.1. The first-order valence-electron chi connectivity index (χ1n) is 8.73. The summed E-state index contributed by atoms with van der Waals surface area (Å²) in [5.41, 5.74) is 1.58. The SMILES string of the molecule is COc1cc(OC)c(OCc2ccccc2)c(Pc2ccc(F)cc2CO)c1. The molecule has 0 aliphatic carbocycles. The molecule has 0 aliphatic heterocycles. The number of aliphatic hydroxyl groups is 1. The average Bonchev–Trinajstić information content (AvgIpc) is 2.74. The maximum absolute atomic E-state index is 13.5. The van der Waals surface area contributed by atoms with Gasteiger partial charge in [0.2, 0.25) is 0 Å². The van der Waals surface area contributed by atoms with Crippen molar-refractivity contribution in [3.63, 3.8) is 0 Å². The van der Waals surface area contributed by atoms with Crippen LogP contribution in [0, 0.1) is 5.82 Å². The van der Waals surface area contributed by atoms with E-state index in [9.17, 15) is 9.50 Å². The van der Waals surface area contributed by atoms with E-state index in [1.165, 1.54) is 12.1 Å². The topological polar surface area (TPSA) is 47.9 Å². The van der Waals surface area contributed by atoms with Gasteiger partial charge in [0.1, 0.15) is 18.2 Å². The predicted molar refractivity (Wildman–Crippen MR) is 110 cm³/mol. The largest absolute Gasteiger partial charge is 0.497 e. The highest BCUT2D eigenvalue weighted by molar-refractivity contribution is 7.55. The molecule has 1 atom stereocenters. The second-order valence-electron chi connectivity index (χ2n) is 6.07. The lowest BCUT2D eigenvalue weighted by Gasteiger charge is -2.18. The van der Waals surface area contributed by atoms with Crippen molar-refractivity contribution in [2.24, 2.45) is 0 Å². The summed E-state index contributed by atoms with van der Waals surface area (Å²) < 4.78 is 30.5. The van der Waals surface area contributed by atoms with Crippen LogP contribution in [-0.4, -0.2) is 19.3 Å². The predicted octanol–water partition coefficient (Wildman–Crippen LogP) is 3.54. The Morgan fingerprint density at radius 2 is 1.71 bits per heavy atom. The molecule has 0 heterocycles. The monoisotopic (exact) mass is 400 g/mol. The van der Waals surface area contributed by atoms with Gasteiger partial charge < -0.3 is 19.3 Å². The summed E-state index contributed by atoms with van der Waals surface area (Å²) in [6.07, 6.45) is 0. The third-order valence-electron chi connectivity index (χ3n) is 4.22. The number of hydrogen-bond acceptors (Lipinski definition) is 4. The van der Waals surface area contributed by atoms with Crippen LogP contribution in [0.4, 0.5) is 4.39 Å². The number of halogens is 1. The average molecular weight is 400 g/mol. The summed E-state index contributed by atoms with van der Waals surface area (Å²) in [5, 5.41) is 11.3. The number of methoxy groups -OCH3 is 2. The van der Waals surface area contributed by atoms with E-state index < -0.39 is 0 Å². The van der Waals surface area contributed by atoms with E-state index in [0.717, 1.165) is 16.2 Å². The minimum Gasteiger partial charge on any atom is -0.497 e. The molecule has 28 heavy (non-hydrogen) atoms. The molecule has 0 saturated carbocycles. The van der Waals surface area contributed by atoms with Gasteiger partial charge in [0.15, 0.2) is 11.5 Å². The maximum Gasteiger partial charge on any atom is 0.169 e. The molecular formula is C22H22FO4P. The fourth-order valence-electron chi connectivity index (χ4n) is 2.78. The maximum atomic E-state index is 13.5. The fourth-order valence-corrected chi connectivity index (χ4v) is 4.07. The van der Waals surface area contributed by atoms with E-state index in [-0.39, 0.29) is 21.0 Å². The van der Waals surface area contributed by atoms with Gasteiger partial charge in [-0.15, -0.1) is 0 Å². The first-order valence-corrected chi connectivity index (χ1v) is 9.73. The smallest absolute Gasteiger partial charge is 0.169 e. The number of ether oxygens (including phenoxy) is 3. The first-order chi connectivity index (χ1) is 13.6. The van der Waals surface area contributed by atoms with Crippen LogP contribution in [0.1, 0.15) is 11.1 Å². The zero-order chi connectivity index (χ0) is 19.9. The number of aliphatic hydroxyl groups excluding tert-OH is 1. The molecule has 0 aromatic heterocycles. The molecular weight excluding hydrogens is 378 g/mol. The number of rotatable bonds is 8. The van der Waals surface area contributed by atoms with Gasteiger partial charge in [-0.05, 0) is 34.6 Å². The van der Waals surface area contributed by atoms with Gasteiger partial charge in [-0.25, -0.2) is 4.39 Å². The van der Waals surface area contributed by atoms with Crippen LogP contribution in [0.25, 0.3) is 0 Å². The highest BCUT2D eigenvalue weighted by Crippen LogP contribution is 2.35. The minimum absolute atomic E-state index is 0.132. The highest BCUT2D eigenvalue weighted by Gasteiger charge is 2.16. The zero-order valence-corrected chi connectivity index (χ0v) is 16.7. The van der Waals surface area contributed by atoms with Crippen LogP contribution in [-0.2, 0) is 13.2 Å². The standard InChI is InChI=1S/C22H22FO4P/c1-25-18-11-19(26-2)22(27-14-15-6-4-3-5-7-15)21(12-18)28-20-9-8-17(23)10-16(20)13-24/h3-12,24,28H,13-14H2,1-2H3. The van der Waals surface area contributed by atoms with Gasteiger partial charge in [0.25, 0.3) is 0 Å². The van der Waals surface area contributed by atoms with Gasteiger partial charge in [0, 0.05) is 11.4 Å². The van der Waals surface area contributed by atoms with Crippen molar-refractivity contribution >= 4 is 19.2 Å². The quantitative estimate of drug-likeness (QED) is 0.588. The minimum atomic E-state index is -0.374. The van der Waals surface area contributed by atoms with Crippen molar-refractivity contribution in [3.8, 4) is 17.2 Å². The Morgan fingerprint density at radius 3 is 2.39 bits per heavy atom. The van der Waals surface area contributed by atoms with E-state index >= 15 is 0 Å². The summed E-state index contributed by atoms with van der Waals surface area (Å²) in [7, 11) is 3.30. The van der Waals surface area contributed by atoms with Crippen LogP contribution >= 0.6 is 8.58 Å². The molecule has 0 bridgehead atoms. The molecule has 0 aliphatic rings. The van der Waals surface area contributed by atoms with E-state index in [4.69, 9.17) is 14.2 Å². The molecule has 146 valence electrons. The van der Waals surface area contributed by atoms with Gasteiger partial charge in [-0.1, -0.05) is 45.0 Å². The molecule has 0 saturated heterocycles. The second-order valence-corrected chi connectivity index (χ2v) is 7.39. The Balaban J connectivity index is 1.98. The Hall–Kier alpha value is -2.62. The van der Waals surface area contributed by atoms with Gasteiger partial charge in [0.05, 0.1) is 20.8 Å². The molecule has 3 rings (SSSR count). The fraction of sp³-hybridized carbons (Fsp3) is 0.182. The van der Waals surface area contributed by atoms with Crippen molar-refractivity contribution in [1.29, 1.82) is 0 Å². The van der Waals surface area contributed by atoms with E-state index in [1.807, 2.05) is 36.4 Å². The van der Waals surface area contributed by atoms with E-state index in [1.54, 1.807) is 26.4 Å². The molecule has 0 fully saturated rings. The molecule has 0 amide bonds. The molecule has 6 heteroatoms. The summed E-state index contributed by atoms with van der Waals surface area (Å²) in [5.74, 6) is 1.43. The lowest BCUT2D eigenvalue weighted by molar-refractivity contribution is 0.282. The van der Waals surface area contributed by atoms with Crippen LogP contribution < -0.4 is 24.8 Å². The number of benzene rings is 3. The van der Waals surface area contributed by atoms with Crippen LogP contribution in [0.5, 0.6) is 17.2 Å². The molecule has 3 aromatic rings. The van der Waals surface area contributed by atoms with Gasteiger partial charge >= 0.3 is 0 Å². The molecule has 0 radical (unpaired) electrons. The molecule has 1 N–H and O–H groups in total. The van der Waals surface area contributed by atoms with Crippen molar-refractivity contribution < 1.29 is 23.7 Å². The summed E-state index contributed by atoms with van der Waals surface area (Å²) >= 11 is 0. The normalized spacial score (nSPS) is 11.0. The van der Waals surface area contributed by atoms with Crippen molar-refractivity contribution in [3.05, 3.63) is 77.6 Å². The van der Waals surface area contributed by atoms with Crippen molar-refractivity contribution in [2.45, 2.75) is 13.2 Å². The summed E-state index contributed by atoms with van der Waals surface area (Å²) in [6.45, 7) is 0.151. The molecule has 1 unspecified atom stereocenters. The number of hydrogen-bond donors (Lipinski definition) is 1. The molecule has 4 nitrogen and oxygen atoms in total. The molecule has 3 aromatic carbocycles. The van der Waals surface area contributed by atoms with Crippen molar-refractivity contribution in [2.75, 3.05) is 14.2 Å². The zero-order valence-electron chi connectivity index (χ0n) is 15.7. The van der Waals surface area contributed by atoms with Gasteiger partial charge in [-0.2, -0.15) is 0 Å². The summed E-state index contributed by atoms with van der Waals surface area (Å²) in [4.78, 5) is 0. The van der Waals surface area contributed by atoms with Crippen LogP contribution in [0.2, 0.25) is 0 Å². The lowest BCUT2D eigenvalue weighted by Crippen LogP contribution is -2.14. The van der Waals surface area contributed by atoms with Crippen molar-refractivity contribution in [1.82, 2.24) is 0 Å². The van der Waals surface area contributed by atoms with Gasteiger partial charge in [-0.3, -0.25) is 0 Å².